The van der Waals surface area contributed by atoms with Crippen LogP contribution in [0.5, 0.6) is 0 Å². The zero-order valence-electron chi connectivity index (χ0n) is 9.34. The maximum absolute atomic E-state index is 11.9. The zero-order chi connectivity index (χ0) is 12.5. The van der Waals surface area contributed by atoms with Gasteiger partial charge in [0, 0.05) is 12.8 Å². The Bertz CT molecular complexity index is 405. The van der Waals surface area contributed by atoms with Crippen molar-refractivity contribution in [2.45, 2.75) is 31.1 Å². The average molecular weight is 264 g/mol. The van der Waals surface area contributed by atoms with Crippen molar-refractivity contribution in [3.05, 3.63) is 0 Å². The molecule has 7 heteroatoms. The van der Waals surface area contributed by atoms with Crippen molar-refractivity contribution in [1.29, 1.82) is 0 Å². The summed E-state index contributed by atoms with van der Waals surface area (Å²) < 4.78 is 22.6. The van der Waals surface area contributed by atoms with E-state index in [1.54, 1.807) is 0 Å². The standard InChI is InChI=1S/C9H16N2O3S2/c1-6(16(2,13)14)9(12)11-5-3-4-7(11)8(10)15/h6-7H,3-5H2,1-2H3,(H2,10,15). The van der Waals surface area contributed by atoms with Crippen LogP contribution < -0.4 is 5.73 Å². The third-order valence-corrected chi connectivity index (χ3v) is 4.61. The average Bonchev–Trinajstić information content (AvgIpc) is 2.62. The van der Waals surface area contributed by atoms with Gasteiger partial charge in [0.05, 0.1) is 11.0 Å². The number of thiocarbonyl (C=S) groups is 1. The number of nitrogens with zero attached hydrogens (tertiary/aromatic N) is 1. The van der Waals surface area contributed by atoms with Crippen LogP contribution in [0.2, 0.25) is 0 Å². The van der Waals surface area contributed by atoms with E-state index in [0.717, 1.165) is 19.1 Å². The van der Waals surface area contributed by atoms with Gasteiger partial charge in [0.1, 0.15) is 5.25 Å². The SMILES string of the molecule is CC(C(=O)N1CCCC1C(N)=S)S(C)(=O)=O. The minimum Gasteiger partial charge on any atom is -0.392 e. The molecule has 1 aliphatic rings. The molecule has 1 saturated heterocycles. The third-order valence-electron chi connectivity index (χ3n) is 2.85. The molecule has 1 amide bonds. The second-order valence-electron chi connectivity index (χ2n) is 4.06. The Hall–Kier alpha value is -0.690. The van der Waals surface area contributed by atoms with Crippen LogP contribution in [0.1, 0.15) is 19.8 Å². The summed E-state index contributed by atoms with van der Waals surface area (Å²) in [6.45, 7) is 1.92. The highest BCUT2D eigenvalue weighted by Crippen LogP contribution is 2.20. The van der Waals surface area contributed by atoms with Gasteiger partial charge in [-0.1, -0.05) is 12.2 Å². The maximum Gasteiger partial charge on any atom is 0.241 e. The molecule has 0 aliphatic carbocycles. The van der Waals surface area contributed by atoms with Crippen molar-refractivity contribution in [1.82, 2.24) is 4.90 Å². The molecule has 0 bridgehead atoms. The molecule has 2 N–H and O–H groups in total. The molecular formula is C9H16N2O3S2. The van der Waals surface area contributed by atoms with Crippen LogP contribution in [-0.2, 0) is 14.6 Å². The van der Waals surface area contributed by atoms with E-state index in [0.29, 0.717) is 6.54 Å². The monoisotopic (exact) mass is 264 g/mol. The molecule has 0 radical (unpaired) electrons. The molecule has 2 atom stereocenters. The van der Waals surface area contributed by atoms with E-state index in [-0.39, 0.29) is 11.0 Å². The highest BCUT2D eigenvalue weighted by molar-refractivity contribution is 7.92. The topological polar surface area (TPSA) is 80.5 Å². The summed E-state index contributed by atoms with van der Waals surface area (Å²) in [4.78, 5) is 13.7. The minimum atomic E-state index is -3.36. The first kappa shape index (κ1) is 13.4. The van der Waals surface area contributed by atoms with Crippen LogP contribution in [0, 0.1) is 0 Å². The first-order chi connectivity index (χ1) is 7.25. The lowest BCUT2D eigenvalue weighted by Crippen LogP contribution is -2.48. The molecular weight excluding hydrogens is 248 g/mol. The van der Waals surface area contributed by atoms with E-state index in [2.05, 4.69) is 0 Å². The first-order valence-electron chi connectivity index (χ1n) is 5.04. The van der Waals surface area contributed by atoms with E-state index in [1.165, 1.54) is 11.8 Å². The number of rotatable bonds is 3. The summed E-state index contributed by atoms with van der Waals surface area (Å²) in [7, 11) is -3.36. The number of hydrogen-bond acceptors (Lipinski definition) is 4. The number of carbonyl (C=O) groups is 1. The van der Waals surface area contributed by atoms with Crippen molar-refractivity contribution in [3.63, 3.8) is 0 Å². The second kappa shape index (κ2) is 4.67. The van der Waals surface area contributed by atoms with Gasteiger partial charge in [0.15, 0.2) is 9.84 Å². The molecule has 0 spiro atoms. The van der Waals surface area contributed by atoms with Crippen molar-refractivity contribution in [2.24, 2.45) is 5.73 Å². The Balaban J connectivity index is 2.86. The Morgan fingerprint density at radius 2 is 2.12 bits per heavy atom. The number of likely N-dealkylation sites (tertiary alicyclic amines) is 1. The van der Waals surface area contributed by atoms with Gasteiger partial charge in [-0.3, -0.25) is 4.79 Å². The molecule has 16 heavy (non-hydrogen) atoms. The number of nitrogens with two attached hydrogens (primary N) is 1. The summed E-state index contributed by atoms with van der Waals surface area (Å²) in [6, 6.07) is -0.285. The summed E-state index contributed by atoms with van der Waals surface area (Å²) in [6.07, 6.45) is 2.59. The smallest absolute Gasteiger partial charge is 0.241 e. The highest BCUT2D eigenvalue weighted by Gasteiger charge is 2.36. The van der Waals surface area contributed by atoms with Crippen LogP contribution >= 0.6 is 12.2 Å². The van der Waals surface area contributed by atoms with E-state index in [4.69, 9.17) is 18.0 Å². The first-order valence-corrected chi connectivity index (χ1v) is 7.40. The van der Waals surface area contributed by atoms with Crippen molar-refractivity contribution >= 4 is 33.0 Å². The molecule has 1 heterocycles. The highest BCUT2D eigenvalue weighted by atomic mass is 32.2. The molecule has 0 saturated carbocycles. The molecule has 0 aromatic carbocycles. The third kappa shape index (κ3) is 2.70. The summed E-state index contributed by atoms with van der Waals surface area (Å²) in [5.41, 5.74) is 5.52. The van der Waals surface area contributed by atoms with Crippen LogP contribution in [-0.4, -0.2) is 48.3 Å². The predicted octanol–water partition coefficient (Wildman–Crippen LogP) is -0.303. The molecule has 0 aromatic rings. The van der Waals surface area contributed by atoms with Crippen LogP contribution in [0.4, 0.5) is 0 Å². The fourth-order valence-corrected chi connectivity index (χ4v) is 2.49. The van der Waals surface area contributed by atoms with Gasteiger partial charge >= 0.3 is 0 Å². The summed E-state index contributed by atoms with van der Waals surface area (Å²) in [5, 5.41) is -1.03. The van der Waals surface area contributed by atoms with Crippen molar-refractivity contribution in [3.8, 4) is 0 Å². The fraction of sp³-hybridized carbons (Fsp3) is 0.778. The Kier molecular flexibility index (Phi) is 3.90. The predicted molar refractivity (Wildman–Crippen MR) is 65.8 cm³/mol. The van der Waals surface area contributed by atoms with Crippen molar-refractivity contribution < 1.29 is 13.2 Å². The van der Waals surface area contributed by atoms with Crippen molar-refractivity contribution in [2.75, 3.05) is 12.8 Å². The summed E-state index contributed by atoms with van der Waals surface area (Å²) in [5.74, 6) is -0.405. The van der Waals surface area contributed by atoms with E-state index in [9.17, 15) is 13.2 Å². The van der Waals surface area contributed by atoms with Crippen LogP contribution in [0.15, 0.2) is 0 Å². The van der Waals surface area contributed by atoms with E-state index < -0.39 is 21.0 Å². The number of amides is 1. The van der Waals surface area contributed by atoms with Gasteiger partial charge in [-0.25, -0.2) is 8.42 Å². The number of carbonyl (C=O) groups excluding carboxylic acids is 1. The molecule has 0 aromatic heterocycles. The number of hydrogen-bond donors (Lipinski definition) is 1. The minimum absolute atomic E-state index is 0.256. The number of sulfone groups is 1. The maximum atomic E-state index is 11.9. The second-order valence-corrected chi connectivity index (χ2v) is 6.90. The Labute approximate surface area is 101 Å². The molecule has 92 valence electrons. The van der Waals surface area contributed by atoms with Gasteiger partial charge in [-0.2, -0.15) is 0 Å². The molecule has 1 aliphatic heterocycles. The fourth-order valence-electron chi connectivity index (χ4n) is 1.74. The normalized spacial score (nSPS) is 23.1. The molecule has 5 nitrogen and oxygen atoms in total. The van der Waals surface area contributed by atoms with Gasteiger partial charge in [-0.05, 0) is 19.8 Å². The van der Waals surface area contributed by atoms with Gasteiger partial charge in [0.2, 0.25) is 5.91 Å². The molecule has 1 rings (SSSR count). The zero-order valence-corrected chi connectivity index (χ0v) is 11.0. The lowest BCUT2D eigenvalue weighted by molar-refractivity contribution is -0.130. The molecule has 2 unspecified atom stereocenters. The quantitative estimate of drug-likeness (QED) is 0.708. The largest absolute Gasteiger partial charge is 0.392 e. The van der Waals surface area contributed by atoms with E-state index >= 15 is 0 Å². The van der Waals surface area contributed by atoms with Crippen LogP contribution in [0.25, 0.3) is 0 Å². The lowest BCUT2D eigenvalue weighted by atomic mass is 10.2. The lowest BCUT2D eigenvalue weighted by Gasteiger charge is -2.26. The van der Waals surface area contributed by atoms with E-state index in [1.807, 2.05) is 0 Å². The van der Waals surface area contributed by atoms with Gasteiger partial charge in [0.25, 0.3) is 0 Å². The van der Waals surface area contributed by atoms with Gasteiger partial charge in [-0.15, -0.1) is 0 Å². The Morgan fingerprint density at radius 1 is 1.56 bits per heavy atom. The van der Waals surface area contributed by atoms with Crippen LogP contribution in [0.3, 0.4) is 0 Å². The molecule has 1 fully saturated rings. The Morgan fingerprint density at radius 3 is 2.56 bits per heavy atom. The van der Waals surface area contributed by atoms with Gasteiger partial charge < -0.3 is 10.6 Å². The summed E-state index contributed by atoms with van der Waals surface area (Å²) >= 11 is 4.87.